The average molecular weight is 1240 g/mol. The van der Waals surface area contributed by atoms with Gasteiger partial charge in [-0.2, -0.15) is 0 Å². The largest absolute Gasteiger partial charge is 0.436 e. The molecule has 2 aliphatic rings. The first-order valence-electron chi connectivity index (χ1n) is 31.4. The summed E-state index contributed by atoms with van der Waals surface area (Å²) in [6, 6.07) is 19.3. The number of carbonyl (C=O) groups excluding carboxylic acids is 8. The van der Waals surface area contributed by atoms with Gasteiger partial charge in [0.1, 0.15) is 24.9 Å². The zero-order chi connectivity index (χ0) is 66.0. The molecule has 3 aromatic rings. The molecule has 3 aromatic carbocycles. The number of methoxy groups -OCH3 is 2. The van der Waals surface area contributed by atoms with Crippen molar-refractivity contribution in [3.8, 4) is 11.1 Å². The molecule has 0 aromatic heterocycles. The van der Waals surface area contributed by atoms with Gasteiger partial charge >= 0.3 is 6.09 Å². The Balaban J connectivity index is 1.09. The van der Waals surface area contributed by atoms with Crippen LogP contribution in [0.25, 0.3) is 11.1 Å². The SMILES string of the molecule is CC[C@H](C)[C@@H]([C@@H](CC(=O)N1CCC[C@H]1[C@H](OC)[C@@H](C)C(=O)N[C@H](C)[C@@H](O)c1ccccc1)OC)N(C)C(=O)[C@@H](NC(=O)[C@H](C(C)C)N(C)CCOCNC(=O)CNC(=O)[C@H](C)NC(=O)[C@H](C(C)C)N(C)C(=O)OC1c2ccccc2-c2ccccc21)C(C)C. The highest BCUT2D eigenvalue weighted by atomic mass is 16.6. The lowest BCUT2D eigenvalue weighted by molar-refractivity contribution is -0.148. The maximum atomic E-state index is 14.7. The van der Waals surface area contributed by atoms with E-state index >= 15 is 0 Å². The first kappa shape index (κ1) is 72.8. The van der Waals surface area contributed by atoms with E-state index in [2.05, 4.69) is 26.6 Å². The normalized spacial score (nSPS) is 17.6. The monoisotopic (exact) mass is 1240 g/mol. The Morgan fingerprint density at radius 2 is 1.26 bits per heavy atom. The van der Waals surface area contributed by atoms with E-state index in [-0.39, 0.29) is 73.6 Å². The van der Waals surface area contributed by atoms with Gasteiger partial charge in [-0.25, -0.2) is 4.79 Å². The highest BCUT2D eigenvalue weighted by molar-refractivity contribution is 5.93. The summed E-state index contributed by atoms with van der Waals surface area (Å²) in [5, 5.41) is 24.8. The van der Waals surface area contributed by atoms with Gasteiger partial charge in [-0.3, -0.25) is 43.4 Å². The van der Waals surface area contributed by atoms with E-state index in [0.717, 1.165) is 22.3 Å². The smallest absolute Gasteiger partial charge is 0.411 e. The first-order valence-corrected chi connectivity index (χ1v) is 31.4. The van der Waals surface area contributed by atoms with E-state index < -0.39 is 103 Å². The quantitative estimate of drug-likeness (QED) is 0.0310. The molecule has 1 aliphatic heterocycles. The van der Waals surface area contributed by atoms with Crippen molar-refractivity contribution in [2.75, 3.05) is 68.3 Å². The van der Waals surface area contributed by atoms with Crippen molar-refractivity contribution in [1.29, 1.82) is 0 Å². The van der Waals surface area contributed by atoms with E-state index in [1.54, 1.807) is 63.7 Å². The molecule has 22 nitrogen and oxygen atoms in total. The summed E-state index contributed by atoms with van der Waals surface area (Å²) in [6.45, 7) is 20.3. The van der Waals surface area contributed by atoms with Crippen molar-refractivity contribution in [3.05, 3.63) is 95.6 Å². The number of fused-ring (bicyclic) bond motifs is 3. The van der Waals surface area contributed by atoms with Crippen LogP contribution in [-0.2, 0) is 52.5 Å². The van der Waals surface area contributed by atoms with E-state index in [0.29, 0.717) is 31.4 Å². The number of rotatable bonds is 33. The summed E-state index contributed by atoms with van der Waals surface area (Å²) in [7, 11) is 8.00. The number of likely N-dealkylation sites (N-methyl/N-ethyl adjacent to an activating group) is 3. The number of amides is 8. The predicted octanol–water partition coefficient (Wildman–Crippen LogP) is 5.82. The number of hydrogen-bond donors (Lipinski definition) is 6. The van der Waals surface area contributed by atoms with Crippen molar-refractivity contribution in [1.82, 2.24) is 46.2 Å². The summed E-state index contributed by atoms with van der Waals surface area (Å²) < 4.78 is 23.8. The molecular weight excluding hydrogens is 1140 g/mol. The summed E-state index contributed by atoms with van der Waals surface area (Å²) in [5.74, 6) is -4.60. The van der Waals surface area contributed by atoms with Crippen molar-refractivity contribution < 1.29 is 62.4 Å². The van der Waals surface area contributed by atoms with Gasteiger partial charge in [-0.1, -0.05) is 148 Å². The first-order chi connectivity index (χ1) is 42.2. The number of carbonyl (C=O) groups is 8. The standard InChI is InChI=1S/C67H101N9O13/c1-17-42(8)58(52(86-15)36-54(78)76-33-25-32-51(76)60(87-16)43(9)62(80)70-44(10)59(79)46-26-19-18-20-27-46)74(13)66(84)55(39(2)3)72-64(82)56(40(4)5)73(12)34-35-88-38-69-53(77)37-68-63(81)45(11)71-65(83)57(41(6)7)75(14)67(85)89-61-49-30-23-21-28-47(49)48-29-22-24-31-50(48)61/h18-24,26-31,39-45,51-52,55-61,79H,17,25,32-38H2,1-16H3,(H,68,81)(H,69,77)(H,70,80)(H,71,83)(H,72,82)/t42-,43+,44+,45-,51-,52+,55-,56-,57-,58-,59+,60+/m0/s1. The molecule has 89 heavy (non-hydrogen) atoms. The summed E-state index contributed by atoms with van der Waals surface area (Å²) >= 11 is 0. The van der Waals surface area contributed by atoms with Crippen molar-refractivity contribution in [2.24, 2.45) is 29.6 Å². The lowest BCUT2D eigenvalue weighted by Crippen LogP contribution is -2.60. The van der Waals surface area contributed by atoms with Crippen LogP contribution in [0.3, 0.4) is 0 Å². The van der Waals surface area contributed by atoms with Crippen LogP contribution in [0.5, 0.6) is 0 Å². The highest BCUT2D eigenvalue weighted by Crippen LogP contribution is 2.45. The predicted molar refractivity (Wildman–Crippen MR) is 339 cm³/mol. The summed E-state index contributed by atoms with van der Waals surface area (Å²) in [6.07, 6.45) is -1.71. The van der Waals surface area contributed by atoms with Crippen LogP contribution >= 0.6 is 0 Å². The fraction of sp³-hybridized carbons (Fsp3) is 0.612. The Kier molecular flexibility index (Phi) is 28.0. The zero-order valence-electron chi connectivity index (χ0n) is 55.2. The number of nitrogens with zero attached hydrogens (tertiary/aromatic N) is 4. The Hall–Kier alpha value is -6.98. The molecule has 0 spiro atoms. The molecule has 0 unspecified atom stereocenters. The molecule has 0 radical (unpaired) electrons. The Morgan fingerprint density at radius 1 is 0.674 bits per heavy atom. The fourth-order valence-electron chi connectivity index (χ4n) is 12.4. The fourth-order valence-corrected chi connectivity index (χ4v) is 12.4. The minimum absolute atomic E-state index is 0.0485. The van der Waals surface area contributed by atoms with Crippen LogP contribution in [0.2, 0.25) is 0 Å². The van der Waals surface area contributed by atoms with E-state index in [4.69, 9.17) is 18.9 Å². The van der Waals surface area contributed by atoms with Gasteiger partial charge in [0.25, 0.3) is 0 Å². The third kappa shape index (κ3) is 18.8. The lowest BCUT2D eigenvalue weighted by Gasteiger charge is -2.41. The number of likely N-dealkylation sites (tertiary alicyclic amines) is 1. The second kappa shape index (κ2) is 34.3. The maximum absolute atomic E-state index is 14.7. The van der Waals surface area contributed by atoms with Crippen LogP contribution in [0.15, 0.2) is 78.9 Å². The number of aliphatic hydroxyl groups excluding tert-OH is 1. The second-order valence-electron chi connectivity index (χ2n) is 25.0. The molecule has 1 saturated heterocycles. The number of aliphatic hydroxyl groups is 1. The molecule has 12 atom stereocenters. The third-order valence-electron chi connectivity index (χ3n) is 17.6. The van der Waals surface area contributed by atoms with Gasteiger partial charge in [-0.15, -0.1) is 0 Å². The highest BCUT2D eigenvalue weighted by Gasteiger charge is 2.44. The molecule has 1 aliphatic carbocycles. The molecule has 5 rings (SSSR count). The van der Waals surface area contributed by atoms with Crippen molar-refractivity contribution in [2.45, 2.75) is 169 Å². The average Bonchev–Trinajstić information content (AvgIpc) is 1.89. The molecule has 8 amide bonds. The van der Waals surface area contributed by atoms with Crippen LogP contribution < -0.4 is 26.6 Å². The number of nitrogens with one attached hydrogen (secondary N) is 5. The van der Waals surface area contributed by atoms with Crippen LogP contribution in [0.4, 0.5) is 4.79 Å². The van der Waals surface area contributed by atoms with Crippen LogP contribution in [0, 0.1) is 29.6 Å². The van der Waals surface area contributed by atoms with Gasteiger partial charge in [-0.05, 0) is 74.1 Å². The number of hydrogen-bond acceptors (Lipinski definition) is 14. The van der Waals surface area contributed by atoms with Crippen LogP contribution in [0.1, 0.15) is 131 Å². The minimum atomic E-state index is -1.06. The molecular formula is C67H101N9O13. The minimum Gasteiger partial charge on any atom is -0.436 e. The Bertz CT molecular complexity index is 2790. The van der Waals surface area contributed by atoms with Gasteiger partial charge in [0.05, 0.1) is 68.0 Å². The molecule has 492 valence electrons. The zero-order valence-corrected chi connectivity index (χ0v) is 55.2. The maximum Gasteiger partial charge on any atom is 0.411 e. The molecule has 0 saturated carbocycles. The molecule has 22 heteroatoms. The van der Waals surface area contributed by atoms with E-state index in [1.807, 2.05) is 113 Å². The van der Waals surface area contributed by atoms with Gasteiger partial charge in [0, 0.05) is 52.5 Å². The van der Waals surface area contributed by atoms with Gasteiger partial charge in [0.2, 0.25) is 41.4 Å². The Morgan fingerprint density at radius 3 is 1.82 bits per heavy atom. The van der Waals surface area contributed by atoms with E-state index in [1.165, 1.54) is 33.1 Å². The van der Waals surface area contributed by atoms with E-state index in [9.17, 15) is 43.5 Å². The number of benzene rings is 3. The Labute approximate surface area is 527 Å². The van der Waals surface area contributed by atoms with Gasteiger partial charge < -0.3 is 60.4 Å². The third-order valence-corrected chi connectivity index (χ3v) is 17.6. The molecule has 0 bridgehead atoms. The summed E-state index contributed by atoms with van der Waals surface area (Å²) in [5.41, 5.74) is 4.31. The van der Waals surface area contributed by atoms with Crippen molar-refractivity contribution in [3.63, 3.8) is 0 Å². The number of ether oxygens (including phenoxy) is 4. The molecule has 6 N–H and O–H groups in total. The lowest BCUT2D eigenvalue weighted by atomic mass is 9.89. The van der Waals surface area contributed by atoms with Crippen molar-refractivity contribution >= 4 is 47.4 Å². The second-order valence-corrected chi connectivity index (χ2v) is 25.0. The summed E-state index contributed by atoms with van der Waals surface area (Å²) in [4.78, 5) is 117. The molecule has 1 heterocycles. The van der Waals surface area contributed by atoms with Gasteiger partial charge in [0.15, 0.2) is 6.10 Å². The van der Waals surface area contributed by atoms with Crippen LogP contribution in [-0.4, -0.2) is 195 Å². The molecule has 1 fully saturated rings. The topological polar surface area (TPSA) is 267 Å².